The van der Waals surface area contributed by atoms with Crippen LogP contribution < -0.4 is 10.5 Å². The van der Waals surface area contributed by atoms with Crippen LogP contribution in [-0.2, 0) is 13.0 Å². The molecular weight excluding hydrogens is 304 g/mol. The number of nitrogens with zero attached hydrogens (tertiary/aromatic N) is 1. The molecule has 0 fully saturated rings. The summed E-state index contributed by atoms with van der Waals surface area (Å²) in [5.74, 6) is 0.841. The second kappa shape index (κ2) is 7.25. The van der Waals surface area contributed by atoms with Crippen LogP contribution in [0.15, 0.2) is 18.2 Å². The average molecular weight is 325 g/mol. The van der Waals surface area contributed by atoms with Gasteiger partial charge in [-0.15, -0.1) is 11.3 Å². The third kappa shape index (κ3) is 4.43. The molecule has 0 amide bonds. The van der Waals surface area contributed by atoms with E-state index < -0.39 is 0 Å². The predicted molar refractivity (Wildman–Crippen MR) is 89.3 cm³/mol. The molecule has 114 valence electrons. The van der Waals surface area contributed by atoms with E-state index in [1.807, 2.05) is 25.1 Å². The molecule has 0 bridgehead atoms. The molecule has 0 spiro atoms. The van der Waals surface area contributed by atoms with Crippen molar-refractivity contribution < 1.29 is 4.74 Å². The molecule has 2 aromatic rings. The summed E-state index contributed by atoms with van der Waals surface area (Å²) in [6, 6.07) is 5.81. The summed E-state index contributed by atoms with van der Waals surface area (Å²) in [6.07, 6.45) is 1.69. The normalized spacial score (nSPS) is 12.4. The highest BCUT2D eigenvalue weighted by Gasteiger charge is 2.10. The Morgan fingerprint density at radius 2 is 2.14 bits per heavy atom. The third-order valence-corrected chi connectivity index (χ3v) is 4.73. The minimum atomic E-state index is 0.121. The molecule has 2 N–H and O–H groups in total. The molecule has 1 unspecified atom stereocenters. The topological polar surface area (TPSA) is 48.1 Å². The highest BCUT2D eigenvalue weighted by molar-refractivity contribution is 7.11. The van der Waals surface area contributed by atoms with Crippen LogP contribution in [0.25, 0.3) is 0 Å². The van der Waals surface area contributed by atoms with E-state index in [1.54, 1.807) is 11.3 Å². The molecule has 2 rings (SSSR count). The molecule has 0 saturated carbocycles. The fraction of sp³-hybridized carbons (Fsp3) is 0.438. The number of hydrogen-bond acceptors (Lipinski definition) is 4. The average Bonchev–Trinajstić information content (AvgIpc) is 2.76. The second-order valence-corrected chi connectivity index (χ2v) is 6.89. The monoisotopic (exact) mass is 324 g/mol. The van der Waals surface area contributed by atoms with Gasteiger partial charge in [0.2, 0.25) is 0 Å². The van der Waals surface area contributed by atoms with E-state index in [0.29, 0.717) is 11.6 Å². The Balaban J connectivity index is 2.11. The van der Waals surface area contributed by atoms with Crippen LogP contribution >= 0.6 is 22.9 Å². The molecule has 5 heteroatoms. The minimum absolute atomic E-state index is 0.121. The number of hydrogen-bond donors (Lipinski definition) is 1. The van der Waals surface area contributed by atoms with Gasteiger partial charge in [0.15, 0.2) is 0 Å². The number of thiazole rings is 1. The van der Waals surface area contributed by atoms with Gasteiger partial charge in [0.05, 0.1) is 5.69 Å². The molecule has 1 heterocycles. The Hall–Kier alpha value is -1.10. The number of nitrogens with two attached hydrogens (primary N) is 1. The van der Waals surface area contributed by atoms with Crippen LogP contribution in [0.4, 0.5) is 0 Å². The Morgan fingerprint density at radius 3 is 2.76 bits per heavy atom. The van der Waals surface area contributed by atoms with E-state index >= 15 is 0 Å². The largest absolute Gasteiger partial charge is 0.486 e. The van der Waals surface area contributed by atoms with Crippen molar-refractivity contribution in [1.29, 1.82) is 0 Å². The first kappa shape index (κ1) is 16.3. The van der Waals surface area contributed by atoms with E-state index in [9.17, 15) is 0 Å². The zero-order valence-corrected chi connectivity index (χ0v) is 14.2. The Kier molecular flexibility index (Phi) is 5.62. The number of ether oxygens (including phenoxy) is 1. The van der Waals surface area contributed by atoms with Crippen molar-refractivity contribution in [2.24, 2.45) is 5.73 Å². The van der Waals surface area contributed by atoms with Crippen molar-refractivity contribution in [2.75, 3.05) is 0 Å². The van der Waals surface area contributed by atoms with Crippen molar-refractivity contribution in [2.45, 2.75) is 46.3 Å². The van der Waals surface area contributed by atoms with E-state index in [2.05, 4.69) is 18.8 Å². The quantitative estimate of drug-likeness (QED) is 0.863. The Morgan fingerprint density at radius 1 is 1.38 bits per heavy atom. The number of benzene rings is 1. The van der Waals surface area contributed by atoms with Crippen LogP contribution in [0.2, 0.25) is 5.02 Å². The van der Waals surface area contributed by atoms with Gasteiger partial charge in [-0.05, 0) is 50.5 Å². The number of aromatic nitrogens is 1. The van der Waals surface area contributed by atoms with Gasteiger partial charge in [-0.3, -0.25) is 0 Å². The van der Waals surface area contributed by atoms with Gasteiger partial charge < -0.3 is 10.5 Å². The molecule has 1 atom stereocenters. The molecule has 1 aromatic carbocycles. The number of halogens is 1. The first-order chi connectivity index (χ1) is 9.99. The Bertz CT molecular complexity index is 593. The van der Waals surface area contributed by atoms with Crippen molar-refractivity contribution in [3.63, 3.8) is 0 Å². The predicted octanol–water partition coefficient (Wildman–Crippen LogP) is 4.27. The van der Waals surface area contributed by atoms with E-state index in [-0.39, 0.29) is 6.04 Å². The molecule has 0 aliphatic rings. The maximum atomic E-state index is 6.08. The van der Waals surface area contributed by atoms with Gasteiger partial charge >= 0.3 is 0 Å². The van der Waals surface area contributed by atoms with Crippen LogP contribution in [-0.4, -0.2) is 11.0 Å². The van der Waals surface area contributed by atoms with Crippen LogP contribution in [0.5, 0.6) is 5.75 Å². The van der Waals surface area contributed by atoms with E-state index in [4.69, 9.17) is 22.1 Å². The van der Waals surface area contributed by atoms with Gasteiger partial charge in [-0.1, -0.05) is 18.5 Å². The summed E-state index contributed by atoms with van der Waals surface area (Å²) in [5, 5.41) is 1.70. The number of aryl methyl sites for hydroxylation is 2. The maximum Gasteiger partial charge on any atom is 0.140 e. The van der Waals surface area contributed by atoms with Gasteiger partial charge in [-0.25, -0.2) is 4.98 Å². The fourth-order valence-electron chi connectivity index (χ4n) is 2.02. The first-order valence-electron chi connectivity index (χ1n) is 7.09. The smallest absolute Gasteiger partial charge is 0.140 e. The highest BCUT2D eigenvalue weighted by Crippen LogP contribution is 2.26. The van der Waals surface area contributed by atoms with Crippen molar-refractivity contribution >= 4 is 22.9 Å². The fourth-order valence-corrected chi connectivity index (χ4v) is 3.06. The molecule has 0 aliphatic heterocycles. The van der Waals surface area contributed by atoms with Crippen LogP contribution in [0.1, 0.15) is 34.5 Å². The lowest BCUT2D eigenvalue weighted by molar-refractivity contribution is 0.301. The van der Waals surface area contributed by atoms with Crippen molar-refractivity contribution in [1.82, 2.24) is 4.98 Å². The number of rotatable bonds is 6. The summed E-state index contributed by atoms with van der Waals surface area (Å²) in [6.45, 7) is 6.65. The summed E-state index contributed by atoms with van der Waals surface area (Å²) in [4.78, 5) is 5.73. The lowest BCUT2D eigenvalue weighted by atomic mass is 10.0. The molecule has 0 saturated heterocycles. The van der Waals surface area contributed by atoms with Gasteiger partial charge in [-0.2, -0.15) is 0 Å². The van der Waals surface area contributed by atoms with Gasteiger partial charge in [0, 0.05) is 15.9 Å². The summed E-state index contributed by atoms with van der Waals surface area (Å²) < 4.78 is 5.93. The Labute approximate surface area is 135 Å². The molecule has 0 radical (unpaired) electrons. The third-order valence-electron chi connectivity index (χ3n) is 3.45. The van der Waals surface area contributed by atoms with Crippen molar-refractivity contribution in [3.05, 3.63) is 44.4 Å². The zero-order chi connectivity index (χ0) is 15.4. The standard InChI is InChI=1S/C16H21ClN2OS/c1-4-14(18)8-12-7-13(17)5-6-15(12)20-9-16-19-10(2)11(3)21-16/h5-7,14H,4,8-9,18H2,1-3H3. The first-order valence-corrected chi connectivity index (χ1v) is 8.28. The van der Waals surface area contributed by atoms with Crippen LogP contribution in [0, 0.1) is 13.8 Å². The maximum absolute atomic E-state index is 6.08. The van der Waals surface area contributed by atoms with Crippen LogP contribution in [0.3, 0.4) is 0 Å². The molecule has 21 heavy (non-hydrogen) atoms. The van der Waals surface area contributed by atoms with E-state index in [0.717, 1.165) is 34.9 Å². The van der Waals surface area contributed by atoms with Gasteiger partial charge in [0.25, 0.3) is 0 Å². The minimum Gasteiger partial charge on any atom is -0.486 e. The summed E-state index contributed by atoms with van der Waals surface area (Å²) >= 11 is 7.75. The lowest BCUT2D eigenvalue weighted by Gasteiger charge is -2.14. The SMILES string of the molecule is CCC(N)Cc1cc(Cl)ccc1OCc1nc(C)c(C)s1. The molecule has 0 aliphatic carbocycles. The van der Waals surface area contributed by atoms with Gasteiger partial charge in [0.1, 0.15) is 17.4 Å². The highest BCUT2D eigenvalue weighted by atomic mass is 35.5. The summed E-state index contributed by atoms with van der Waals surface area (Å²) in [5.41, 5.74) is 8.17. The molecule has 1 aromatic heterocycles. The molecular formula is C16H21ClN2OS. The lowest BCUT2D eigenvalue weighted by Crippen LogP contribution is -2.21. The second-order valence-electron chi connectivity index (χ2n) is 5.16. The zero-order valence-electron chi connectivity index (χ0n) is 12.6. The van der Waals surface area contributed by atoms with Crippen molar-refractivity contribution in [3.8, 4) is 5.75 Å². The molecule has 3 nitrogen and oxygen atoms in total. The summed E-state index contributed by atoms with van der Waals surface area (Å²) in [7, 11) is 0. The van der Waals surface area contributed by atoms with E-state index in [1.165, 1.54) is 4.88 Å².